The monoisotopic (exact) mass is 305 g/mol. The Kier molecular flexibility index (Phi) is 4.66. The van der Waals surface area contributed by atoms with E-state index in [1.54, 1.807) is 13.3 Å². The van der Waals surface area contributed by atoms with Gasteiger partial charge in [0, 0.05) is 50.7 Å². The Labute approximate surface area is 133 Å². The van der Waals surface area contributed by atoms with E-state index in [1.807, 2.05) is 13.2 Å². The van der Waals surface area contributed by atoms with Gasteiger partial charge in [-0.05, 0) is 38.4 Å². The van der Waals surface area contributed by atoms with Crippen molar-refractivity contribution < 1.29 is 9.47 Å². The molecule has 0 saturated carbocycles. The predicted molar refractivity (Wildman–Crippen MR) is 86.0 cm³/mol. The van der Waals surface area contributed by atoms with E-state index < -0.39 is 0 Å². The van der Waals surface area contributed by atoms with Crippen molar-refractivity contribution in [2.45, 2.75) is 24.9 Å². The van der Waals surface area contributed by atoms with Gasteiger partial charge in [-0.2, -0.15) is 0 Å². The van der Waals surface area contributed by atoms with Crippen LogP contribution >= 0.6 is 0 Å². The number of aromatic nitrogens is 1. The molecule has 3 heterocycles. The van der Waals surface area contributed by atoms with Crippen LogP contribution in [0.15, 0.2) is 18.3 Å². The molecule has 0 unspecified atom stereocenters. The van der Waals surface area contributed by atoms with Gasteiger partial charge in [0.05, 0.1) is 7.11 Å². The largest absolute Gasteiger partial charge is 0.481 e. The Bertz CT molecular complexity index is 502. The van der Waals surface area contributed by atoms with E-state index in [2.05, 4.69) is 27.9 Å². The molecule has 0 amide bonds. The first-order valence-electron chi connectivity index (χ1n) is 8.07. The summed E-state index contributed by atoms with van der Waals surface area (Å²) in [4.78, 5) is 9.33. The third-order valence-electron chi connectivity index (χ3n) is 5.23. The zero-order chi connectivity index (χ0) is 15.6. The molecule has 1 aromatic rings. The summed E-state index contributed by atoms with van der Waals surface area (Å²) in [7, 11) is 5.77. The molecule has 1 spiro atoms. The SMILES string of the molecule is COC[C@H]1CCN(C)C2(C1)CN(Cc1cccnc1OC)C2. The molecule has 0 radical (unpaired) electrons. The van der Waals surface area contributed by atoms with Crippen molar-refractivity contribution in [3.63, 3.8) is 0 Å². The van der Waals surface area contributed by atoms with Gasteiger partial charge in [0.15, 0.2) is 0 Å². The maximum atomic E-state index is 5.37. The smallest absolute Gasteiger partial charge is 0.217 e. The molecule has 0 bridgehead atoms. The third kappa shape index (κ3) is 2.98. The fourth-order valence-electron chi connectivity index (χ4n) is 4.02. The second kappa shape index (κ2) is 6.52. The lowest BCUT2D eigenvalue weighted by molar-refractivity contribution is -0.0907. The molecular formula is C17H27N3O2. The lowest BCUT2D eigenvalue weighted by atomic mass is 9.75. The highest BCUT2D eigenvalue weighted by Crippen LogP contribution is 2.39. The van der Waals surface area contributed by atoms with Crippen molar-refractivity contribution in [3.8, 4) is 5.88 Å². The molecule has 22 heavy (non-hydrogen) atoms. The van der Waals surface area contributed by atoms with Crippen LogP contribution < -0.4 is 4.74 Å². The topological polar surface area (TPSA) is 37.8 Å². The fourth-order valence-corrected chi connectivity index (χ4v) is 4.02. The summed E-state index contributed by atoms with van der Waals surface area (Å²) in [6.07, 6.45) is 4.28. The number of ether oxygens (including phenoxy) is 2. The number of methoxy groups -OCH3 is 2. The van der Waals surface area contributed by atoms with Gasteiger partial charge in [-0.1, -0.05) is 6.07 Å². The zero-order valence-electron chi connectivity index (χ0n) is 13.9. The third-order valence-corrected chi connectivity index (χ3v) is 5.23. The Hall–Kier alpha value is -1.17. The van der Waals surface area contributed by atoms with Crippen molar-refractivity contribution in [2.24, 2.45) is 5.92 Å². The van der Waals surface area contributed by atoms with Gasteiger partial charge in [-0.25, -0.2) is 4.98 Å². The molecule has 5 nitrogen and oxygen atoms in total. The number of pyridine rings is 1. The average Bonchev–Trinajstić information content (AvgIpc) is 2.49. The Morgan fingerprint density at radius 2 is 2.18 bits per heavy atom. The van der Waals surface area contributed by atoms with Crippen LogP contribution in [0.1, 0.15) is 18.4 Å². The molecule has 122 valence electrons. The standard InChI is InChI=1S/C17H27N3O2/c1-19-8-6-14(11-21-2)9-17(19)12-20(13-17)10-15-5-4-7-18-16(15)22-3/h4-5,7,14H,6,8-13H2,1-3H3/t14-/m0/s1. The number of hydrogen-bond donors (Lipinski definition) is 0. The first-order valence-corrected chi connectivity index (χ1v) is 8.07. The van der Waals surface area contributed by atoms with Crippen LogP contribution in [0.25, 0.3) is 0 Å². The molecule has 5 heteroatoms. The highest BCUT2D eigenvalue weighted by molar-refractivity contribution is 5.26. The molecule has 1 aromatic heterocycles. The van der Waals surface area contributed by atoms with Gasteiger partial charge in [0.1, 0.15) is 0 Å². The van der Waals surface area contributed by atoms with Gasteiger partial charge in [0.2, 0.25) is 5.88 Å². The van der Waals surface area contributed by atoms with E-state index in [-0.39, 0.29) is 0 Å². The molecule has 0 aromatic carbocycles. The number of likely N-dealkylation sites (tertiary alicyclic amines) is 2. The number of likely N-dealkylation sites (N-methyl/N-ethyl adjacent to an activating group) is 1. The van der Waals surface area contributed by atoms with Crippen molar-refractivity contribution in [1.82, 2.24) is 14.8 Å². The normalized spacial score (nSPS) is 25.1. The minimum atomic E-state index is 0.344. The zero-order valence-corrected chi connectivity index (χ0v) is 13.9. The molecule has 2 fully saturated rings. The van der Waals surface area contributed by atoms with Crippen LogP contribution in [0, 0.1) is 5.92 Å². The Balaban J connectivity index is 1.60. The van der Waals surface area contributed by atoms with Gasteiger partial charge in [-0.15, -0.1) is 0 Å². The number of rotatable bonds is 5. The molecule has 0 aliphatic carbocycles. The van der Waals surface area contributed by atoms with Crippen molar-refractivity contribution in [2.75, 3.05) is 47.5 Å². The first kappa shape index (κ1) is 15.7. The summed E-state index contributed by atoms with van der Waals surface area (Å²) in [5.74, 6) is 1.45. The van der Waals surface area contributed by atoms with Crippen molar-refractivity contribution >= 4 is 0 Å². The van der Waals surface area contributed by atoms with E-state index in [4.69, 9.17) is 9.47 Å². The molecule has 1 atom stereocenters. The maximum Gasteiger partial charge on any atom is 0.217 e. The number of hydrogen-bond acceptors (Lipinski definition) is 5. The van der Waals surface area contributed by atoms with Gasteiger partial charge >= 0.3 is 0 Å². The van der Waals surface area contributed by atoms with Crippen molar-refractivity contribution in [1.29, 1.82) is 0 Å². The van der Waals surface area contributed by atoms with Crippen LogP contribution in [0.4, 0.5) is 0 Å². The molecule has 2 aliphatic rings. The van der Waals surface area contributed by atoms with Gasteiger partial charge in [0.25, 0.3) is 0 Å². The summed E-state index contributed by atoms with van der Waals surface area (Å²) in [6, 6.07) is 4.09. The number of piperidine rings is 1. The summed E-state index contributed by atoms with van der Waals surface area (Å²) in [6.45, 7) is 5.25. The van der Waals surface area contributed by atoms with E-state index in [0.29, 0.717) is 11.5 Å². The van der Waals surface area contributed by atoms with Gasteiger partial charge in [-0.3, -0.25) is 9.80 Å². The number of nitrogens with zero attached hydrogens (tertiary/aromatic N) is 3. The molecule has 2 aliphatic heterocycles. The molecule has 0 N–H and O–H groups in total. The summed E-state index contributed by atoms with van der Waals surface area (Å²) >= 11 is 0. The molecular weight excluding hydrogens is 278 g/mol. The Morgan fingerprint density at radius 3 is 2.91 bits per heavy atom. The maximum absolute atomic E-state index is 5.37. The highest BCUT2D eigenvalue weighted by Gasteiger charge is 2.49. The first-order chi connectivity index (χ1) is 10.7. The molecule has 3 rings (SSSR count). The van der Waals surface area contributed by atoms with Crippen LogP contribution in [-0.4, -0.2) is 67.8 Å². The van der Waals surface area contributed by atoms with E-state index >= 15 is 0 Å². The minimum absolute atomic E-state index is 0.344. The van der Waals surface area contributed by atoms with E-state index in [0.717, 1.165) is 32.1 Å². The summed E-state index contributed by atoms with van der Waals surface area (Å²) in [5.41, 5.74) is 1.52. The quantitative estimate of drug-likeness (QED) is 0.827. The second-order valence-electron chi connectivity index (χ2n) is 6.78. The second-order valence-corrected chi connectivity index (χ2v) is 6.78. The van der Waals surface area contributed by atoms with E-state index in [9.17, 15) is 0 Å². The van der Waals surface area contributed by atoms with Crippen LogP contribution in [0.5, 0.6) is 5.88 Å². The minimum Gasteiger partial charge on any atom is -0.481 e. The summed E-state index contributed by atoms with van der Waals surface area (Å²) < 4.78 is 10.7. The average molecular weight is 305 g/mol. The lowest BCUT2D eigenvalue weighted by Gasteiger charge is -2.58. The lowest BCUT2D eigenvalue weighted by Crippen LogP contribution is -2.71. The van der Waals surface area contributed by atoms with Crippen LogP contribution in [0.3, 0.4) is 0 Å². The Morgan fingerprint density at radius 1 is 1.36 bits per heavy atom. The van der Waals surface area contributed by atoms with Gasteiger partial charge < -0.3 is 9.47 Å². The highest BCUT2D eigenvalue weighted by atomic mass is 16.5. The predicted octanol–water partition coefficient (Wildman–Crippen LogP) is 1.63. The van der Waals surface area contributed by atoms with Crippen LogP contribution in [-0.2, 0) is 11.3 Å². The fraction of sp³-hybridized carbons (Fsp3) is 0.706. The van der Waals surface area contributed by atoms with E-state index in [1.165, 1.54) is 24.9 Å². The molecule has 2 saturated heterocycles. The summed E-state index contributed by atoms with van der Waals surface area (Å²) in [5, 5.41) is 0. The van der Waals surface area contributed by atoms with Crippen molar-refractivity contribution in [3.05, 3.63) is 23.9 Å². The van der Waals surface area contributed by atoms with Crippen LogP contribution in [0.2, 0.25) is 0 Å².